The molecule has 2 nitrogen and oxygen atoms in total. The highest BCUT2D eigenvalue weighted by atomic mass is 79.9. The van der Waals surface area contributed by atoms with Gasteiger partial charge in [0.25, 0.3) is 0 Å². The molecule has 0 bridgehead atoms. The van der Waals surface area contributed by atoms with Crippen molar-refractivity contribution in [2.75, 3.05) is 14.2 Å². The molecule has 0 radical (unpaired) electrons. The zero-order valence-electron chi connectivity index (χ0n) is 12.2. The molecule has 0 saturated heterocycles. The Morgan fingerprint density at radius 3 is 2.44 bits per heavy atom. The molecule has 1 rings (SSSR count). The van der Waals surface area contributed by atoms with Crippen LogP contribution in [0.25, 0.3) is 0 Å². The molecule has 0 fully saturated rings. The van der Waals surface area contributed by atoms with Crippen molar-refractivity contribution >= 4 is 15.9 Å². The first-order valence-electron chi connectivity index (χ1n) is 6.28. The van der Waals surface area contributed by atoms with Crippen LogP contribution in [0.2, 0.25) is 0 Å². The zero-order valence-corrected chi connectivity index (χ0v) is 13.8. The van der Waals surface area contributed by atoms with E-state index in [1.54, 1.807) is 7.11 Å². The second-order valence-electron chi connectivity index (χ2n) is 5.91. The molecule has 1 aromatic carbocycles. The van der Waals surface area contributed by atoms with Crippen LogP contribution in [0.1, 0.15) is 33.3 Å². The number of hydrogen-bond acceptors (Lipinski definition) is 2. The highest BCUT2D eigenvalue weighted by molar-refractivity contribution is 9.10. The maximum atomic E-state index is 5.42. The molecule has 1 unspecified atom stereocenters. The summed E-state index contributed by atoms with van der Waals surface area (Å²) < 4.78 is 6.51. The molecule has 0 aliphatic heterocycles. The van der Waals surface area contributed by atoms with E-state index in [9.17, 15) is 0 Å². The first-order chi connectivity index (χ1) is 8.25. The van der Waals surface area contributed by atoms with Gasteiger partial charge in [0, 0.05) is 22.6 Å². The van der Waals surface area contributed by atoms with Crippen molar-refractivity contribution in [3.63, 3.8) is 0 Å². The van der Waals surface area contributed by atoms with Crippen LogP contribution in [0, 0.1) is 5.41 Å². The Morgan fingerprint density at radius 1 is 1.33 bits per heavy atom. The quantitative estimate of drug-likeness (QED) is 0.820. The third-order valence-corrected chi connectivity index (χ3v) is 4.07. The van der Waals surface area contributed by atoms with Crippen LogP contribution < -0.4 is 4.74 Å². The minimum atomic E-state index is 0.272. The first kappa shape index (κ1) is 15.5. The monoisotopic (exact) mass is 313 g/mol. The predicted octanol–water partition coefficient (Wildman–Crippen LogP) is 4.32. The summed E-state index contributed by atoms with van der Waals surface area (Å²) in [5.74, 6) is 0.950. The maximum Gasteiger partial charge on any atom is 0.123 e. The fourth-order valence-corrected chi connectivity index (χ4v) is 2.35. The summed E-state index contributed by atoms with van der Waals surface area (Å²) in [7, 11) is 3.89. The van der Waals surface area contributed by atoms with E-state index < -0.39 is 0 Å². The molecule has 0 amide bonds. The van der Waals surface area contributed by atoms with Crippen LogP contribution >= 0.6 is 15.9 Å². The van der Waals surface area contributed by atoms with Crippen LogP contribution in [-0.4, -0.2) is 25.1 Å². The number of methoxy groups -OCH3 is 1. The minimum Gasteiger partial charge on any atom is -0.496 e. The Bertz CT molecular complexity index is 398. The van der Waals surface area contributed by atoms with Crippen molar-refractivity contribution in [3.8, 4) is 5.75 Å². The molecule has 102 valence electrons. The summed E-state index contributed by atoms with van der Waals surface area (Å²) in [6.07, 6.45) is 0. The van der Waals surface area contributed by atoms with Crippen molar-refractivity contribution in [3.05, 3.63) is 28.2 Å². The van der Waals surface area contributed by atoms with Crippen molar-refractivity contribution in [2.24, 2.45) is 5.41 Å². The summed E-state index contributed by atoms with van der Waals surface area (Å²) in [5.41, 5.74) is 1.49. The number of nitrogens with zero attached hydrogens (tertiary/aromatic N) is 1. The summed E-state index contributed by atoms with van der Waals surface area (Å²) >= 11 is 3.52. The Balaban J connectivity index is 2.87. The molecule has 3 heteroatoms. The van der Waals surface area contributed by atoms with E-state index in [2.05, 4.69) is 61.6 Å². The van der Waals surface area contributed by atoms with Gasteiger partial charge in [-0.15, -0.1) is 0 Å². The molecular formula is C15H24BrNO. The number of rotatable bonds is 4. The first-order valence-corrected chi connectivity index (χ1v) is 7.07. The van der Waals surface area contributed by atoms with Crippen LogP contribution in [0.3, 0.4) is 0 Å². The molecule has 1 atom stereocenters. The van der Waals surface area contributed by atoms with Crippen LogP contribution in [-0.2, 0) is 6.54 Å². The molecule has 1 aromatic rings. The number of benzene rings is 1. The largest absolute Gasteiger partial charge is 0.496 e. The molecule has 0 aromatic heterocycles. The Labute approximate surface area is 119 Å². The minimum absolute atomic E-state index is 0.272. The Kier molecular flexibility index (Phi) is 5.23. The molecule has 0 spiro atoms. The normalized spacial score (nSPS) is 13.8. The van der Waals surface area contributed by atoms with Crippen LogP contribution in [0.4, 0.5) is 0 Å². The number of ether oxygens (including phenoxy) is 1. The third-order valence-electron chi connectivity index (χ3n) is 3.58. The van der Waals surface area contributed by atoms with E-state index in [1.807, 2.05) is 12.1 Å². The van der Waals surface area contributed by atoms with E-state index in [4.69, 9.17) is 4.74 Å². The van der Waals surface area contributed by atoms with E-state index in [0.29, 0.717) is 6.04 Å². The third kappa shape index (κ3) is 3.99. The summed E-state index contributed by atoms with van der Waals surface area (Å²) in [5, 5.41) is 0. The lowest BCUT2D eigenvalue weighted by molar-refractivity contribution is 0.133. The highest BCUT2D eigenvalue weighted by Crippen LogP contribution is 2.28. The van der Waals surface area contributed by atoms with Crippen molar-refractivity contribution in [2.45, 2.75) is 40.3 Å². The van der Waals surface area contributed by atoms with E-state index in [1.165, 1.54) is 5.56 Å². The van der Waals surface area contributed by atoms with Gasteiger partial charge in [-0.2, -0.15) is 0 Å². The van der Waals surface area contributed by atoms with Gasteiger partial charge in [-0.25, -0.2) is 0 Å². The van der Waals surface area contributed by atoms with Gasteiger partial charge >= 0.3 is 0 Å². The Morgan fingerprint density at radius 2 is 1.94 bits per heavy atom. The van der Waals surface area contributed by atoms with Crippen LogP contribution in [0.15, 0.2) is 22.7 Å². The topological polar surface area (TPSA) is 12.5 Å². The summed E-state index contributed by atoms with van der Waals surface area (Å²) in [6.45, 7) is 9.97. The molecule has 18 heavy (non-hydrogen) atoms. The van der Waals surface area contributed by atoms with Crippen molar-refractivity contribution < 1.29 is 4.74 Å². The van der Waals surface area contributed by atoms with E-state index in [-0.39, 0.29) is 5.41 Å². The fourth-order valence-electron chi connectivity index (χ4n) is 1.94. The molecule has 0 saturated carbocycles. The fraction of sp³-hybridized carbons (Fsp3) is 0.600. The maximum absolute atomic E-state index is 5.42. The molecule has 0 aliphatic carbocycles. The summed E-state index contributed by atoms with van der Waals surface area (Å²) in [6, 6.07) is 6.65. The van der Waals surface area contributed by atoms with Gasteiger partial charge in [0.05, 0.1) is 7.11 Å². The lowest BCUT2D eigenvalue weighted by Gasteiger charge is -2.35. The summed E-state index contributed by atoms with van der Waals surface area (Å²) in [4.78, 5) is 2.37. The van der Waals surface area contributed by atoms with Gasteiger partial charge in [0.2, 0.25) is 0 Å². The molecular weight excluding hydrogens is 290 g/mol. The SMILES string of the molecule is COc1ccc(Br)cc1CN(C)C(C)C(C)(C)C. The van der Waals surface area contributed by atoms with Gasteiger partial charge in [-0.3, -0.25) is 4.90 Å². The van der Waals surface area contributed by atoms with Crippen molar-refractivity contribution in [1.29, 1.82) is 0 Å². The number of hydrogen-bond donors (Lipinski definition) is 0. The van der Waals surface area contributed by atoms with Gasteiger partial charge in [0.1, 0.15) is 5.75 Å². The zero-order chi connectivity index (χ0) is 13.9. The smallest absolute Gasteiger partial charge is 0.123 e. The average Bonchev–Trinajstić information content (AvgIpc) is 2.27. The van der Waals surface area contributed by atoms with E-state index >= 15 is 0 Å². The molecule has 0 N–H and O–H groups in total. The molecule has 0 heterocycles. The second kappa shape index (κ2) is 6.07. The van der Waals surface area contributed by atoms with Crippen molar-refractivity contribution in [1.82, 2.24) is 4.90 Å². The van der Waals surface area contributed by atoms with Gasteiger partial charge in [-0.05, 0) is 37.6 Å². The predicted molar refractivity (Wildman–Crippen MR) is 81.1 cm³/mol. The standard InChI is InChI=1S/C15H24BrNO/c1-11(15(2,3)4)17(5)10-12-9-13(16)7-8-14(12)18-6/h7-9,11H,10H2,1-6H3. The highest BCUT2D eigenvalue weighted by Gasteiger charge is 2.24. The second-order valence-corrected chi connectivity index (χ2v) is 6.83. The lowest BCUT2D eigenvalue weighted by atomic mass is 9.87. The van der Waals surface area contributed by atoms with Gasteiger partial charge in [-0.1, -0.05) is 36.7 Å². The molecule has 0 aliphatic rings. The van der Waals surface area contributed by atoms with Gasteiger partial charge < -0.3 is 4.74 Å². The number of halogens is 1. The van der Waals surface area contributed by atoms with Gasteiger partial charge in [0.15, 0.2) is 0 Å². The Hall–Kier alpha value is -0.540. The van der Waals surface area contributed by atoms with Crippen LogP contribution in [0.5, 0.6) is 5.75 Å². The lowest BCUT2D eigenvalue weighted by Crippen LogP contribution is -2.38. The van der Waals surface area contributed by atoms with E-state index in [0.717, 1.165) is 16.8 Å². The average molecular weight is 314 g/mol.